The van der Waals surface area contributed by atoms with Crippen LogP contribution in [0.25, 0.3) is 0 Å². The van der Waals surface area contributed by atoms with E-state index in [2.05, 4.69) is 12.6 Å². The van der Waals surface area contributed by atoms with Gasteiger partial charge in [0.05, 0.1) is 0 Å². The summed E-state index contributed by atoms with van der Waals surface area (Å²) >= 11 is 6.03. The third-order valence-corrected chi connectivity index (χ3v) is 2.47. The van der Waals surface area contributed by atoms with Gasteiger partial charge in [0.15, 0.2) is 0 Å². The van der Waals surface area contributed by atoms with Gasteiger partial charge < -0.3 is 4.74 Å². The van der Waals surface area contributed by atoms with Gasteiger partial charge in [-0.25, -0.2) is 0 Å². The molecule has 0 aromatic rings. The minimum Gasteiger partial charge on any atom is -0.385 e. The first-order valence-corrected chi connectivity index (χ1v) is 4.88. The molecular weight excluding hydrogens is 152 g/mol. The first-order chi connectivity index (χ1) is 4.41. The molecule has 0 aromatic heterocycles. The van der Waals surface area contributed by atoms with Gasteiger partial charge in [0, 0.05) is 19.5 Å². The van der Waals surface area contributed by atoms with E-state index in [4.69, 9.17) is 4.74 Å². The summed E-state index contributed by atoms with van der Waals surface area (Å²) < 4.78 is 4.89. The fourth-order valence-corrected chi connectivity index (χ4v) is 1.51. The van der Waals surface area contributed by atoms with Crippen LogP contribution < -0.4 is 0 Å². The Morgan fingerprint density at radius 3 is 2.78 bits per heavy atom. The average molecular weight is 166 g/mol. The van der Waals surface area contributed by atoms with Crippen molar-refractivity contribution >= 4 is 24.4 Å². The number of rotatable bonds is 6. The van der Waals surface area contributed by atoms with Gasteiger partial charge in [-0.15, -0.1) is 0 Å². The van der Waals surface area contributed by atoms with Gasteiger partial charge >= 0.3 is 0 Å². The minimum absolute atomic E-state index is 0.888. The molecule has 0 aliphatic heterocycles. The molecule has 0 amide bonds. The van der Waals surface area contributed by atoms with Crippen LogP contribution in [0.4, 0.5) is 0 Å². The molecular formula is C6H14OS2. The summed E-state index contributed by atoms with van der Waals surface area (Å²) in [6.07, 6.45) is 1.16. The second-order valence-corrected chi connectivity index (χ2v) is 3.35. The summed E-state index contributed by atoms with van der Waals surface area (Å²) in [6.45, 7) is 0.888. The third-order valence-electron chi connectivity index (χ3n) is 0.873. The molecule has 9 heavy (non-hydrogen) atoms. The van der Waals surface area contributed by atoms with Gasteiger partial charge in [-0.1, -0.05) is 0 Å². The van der Waals surface area contributed by atoms with Crippen molar-refractivity contribution in [3.05, 3.63) is 0 Å². The van der Waals surface area contributed by atoms with Crippen molar-refractivity contribution in [2.24, 2.45) is 0 Å². The number of ether oxygens (including phenoxy) is 1. The van der Waals surface area contributed by atoms with E-state index in [1.165, 1.54) is 5.75 Å². The number of hydrogen-bond donors (Lipinski definition) is 1. The van der Waals surface area contributed by atoms with E-state index < -0.39 is 0 Å². The van der Waals surface area contributed by atoms with Crippen molar-refractivity contribution in [2.45, 2.75) is 6.42 Å². The number of thiol groups is 1. The lowest BCUT2D eigenvalue weighted by Gasteiger charge is -1.97. The maximum atomic E-state index is 4.89. The van der Waals surface area contributed by atoms with E-state index in [9.17, 15) is 0 Å². The first kappa shape index (κ1) is 9.66. The summed E-state index contributed by atoms with van der Waals surface area (Å²) in [5.74, 6) is 3.35. The van der Waals surface area contributed by atoms with E-state index >= 15 is 0 Å². The van der Waals surface area contributed by atoms with E-state index in [1.54, 1.807) is 7.11 Å². The van der Waals surface area contributed by atoms with Gasteiger partial charge in [-0.3, -0.25) is 0 Å². The molecule has 0 heterocycles. The summed E-state index contributed by atoms with van der Waals surface area (Å²) in [5.41, 5.74) is 0. The van der Waals surface area contributed by atoms with Crippen molar-refractivity contribution in [3.63, 3.8) is 0 Å². The Bertz CT molecular complexity index is 44.3. The molecule has 0 rings (SSSR count). The second-order valence-electron chi connectivity index (χ2n) is 1.68. The third kappa shape index (κ3) is 8.66. The van der Waals surface area contributed by atoms with Crippen molar-refractivity contribution in [3.8, 4) is 0 Å². The Morgan fingerprint density at radius 2 is 2.22 bits per heavy atom. The molecule has 0 aromatic carbocycles. The highest BCUT2D eigenvalue weighted by molar-refractivity contribution is 7.99. The molecule has 0 fully saturated rings. The van der Waals surface area contributed by atoms with Gasteiger partial charge in [-0.2, -0.15) is 24.4 Å². The lowest BCUT2D eigenvalue weighted by atomic mass is 10.5. The molecule has 0 aliphatic carbocycles. The second kappa shape index (κ2) is 8.66. The highest BCUT2D eigenvalue weighted by Crippen LogP contribution is 2.01. The molecule has 0 radical (unpaired) electrons. The summed E-state index contributed by atoms with van der Waals surface area (Å²) in [7, 11) is 1.74. The zero-order valence-corrected chi connectivity index (χ0v) is 7.51. The van der Waals surface area contributed by atoms with Gasteiger partial charge in [0.1, 0.15) is 0 Å². The number of hydrogen-bond acceptors (Lipinski definition) is 3. The maximum absolute atomic E-state index is 4.89. The van der Waals surface area contributed by atoms with Crippen LogP contribution in [0.5, 0.6) is 0 Å². The molecule has 0 aliphatic rings. The number of methoxy groups -OCH3 is 1. The Kier molecular flexibility index (Phi) is 9.30. The van der Waals surface area contributed by atoms with E-state index in [0.29, 0.717) is 0 Å². The standard InChI is InChI=1S/C6H14OS2/c1-7-3-2-5-9-6-4-8/h8H,2-6H2,1H3. The SMILES string of the molecule is COCCCSCCS. The molecule has 3 heteroatoms. The lowest BCUT2D eigenvalue weighted by molar-refractivity contribution is 0.200. The molecule has 0 saturated carbocycles. The zero-order chi connectivity index (χ0) is 6.95. The summed E-state index contributed by atoms with van der Waals surface area (Å²) in [5, 5.41) is 0. The van der Waals surface area contributed by atoms with Crippen LogP contribution in [0.15, 0.2) is 0 Å². The molecule has 0 saturated heterocycles. The smallest absolute Gasteiger partial charge is 0.0470 e. The number of thioether (sulfide) groups is 1. The van der Waals surface area contributed by atoms with E-state index in [1.807, 2.05) is 11.8 Å². The van der Waals surface area contributed by atoms with Crippen molar-refractivity contribution in [1.29, 1.82) is 0 Å². The highest BCUT2D eigenvalue weighted by Gasteiger charge is 1.86. The van der Waals surface area contributed by atoms with Crippen LogP contribution in [0.3, 0.4) is 0 Å². The predicted octanol–water partition coefficient (Wildman–Crippen LogP) is 1.69. The van der Waals surface area contributed by atoms with Crippen LogP contribution in [0, 0.1) is 0 Å². The minimum atomic E-state index is 0.888. The lowest BCUT2D eigenvalue weighted by Crippen LogP contribution is -1.91. The Labute approximate surface area is 67.0 Å². The normalized spacial score (nSPS) is 10.0. The van der Waals surface area contributed by atoms with Crippen molar-refractivity contribution in [2.75, 3.05) is 31.0 Å². The van der Waals surface area contributed by atoms with Crippen LogP contribution in [-0.2, 0) is 4.74 Å². The van der Waals surface area contributed by atoms with Gasteiger partial charge in [0.2, 0.25) is 0 Å². The monoisotopic (exact) mass is 166 g/mol. The van der Waals surface area contributed by atoms with Crippen LogP contribution in [0.1, 0.15) is 6.42 Å². The van der Waals surface area contributed by atoms with E-state index in [0.717, 1.165) is 24.5 Å². The Morgan fingerprint density at radius 1 is 1.44 bits per heavy atom. The van der Waals surface area contributed by atoms with Crippen molar-refractivity contribution in [1.82, 2.24) is 0 Å². The Hall–Kier alpha value is 0.660. The largest absolute Gasteiger partial charge is 0.385 e. The van der Waals surface area contributed by atoms with E-state index in [-0.39, 0.29) is 0 Å². The summed E-state index contributed by atoms with van der Waals surface area (Å²) in [4.78, 5) is 0. The van der Waals surface area contributed by atoms with Crippen molar-refractivity contribution < 1.29 is 4.74 Å². The highest BCUT2D eigenvalue weighted by atomic mass is 32.2. The Balaban J connectivity index is 2.60. The van der Waals surface area contributed by atoms with Gasteiger partial charge in [0.25, 0.3) is 0 Å². The van der Waals surface area contributed by atoms with Crippen LogP contribution in [0.2, 0.25) is 0 Å². The van der Waals surface area contributed by atoms with Crippen LogP contribution in [-0.4, -0.2) is 31.0 Å². The molecule has 0 N–H and O–H groups in total. The molecule has 0 unspecified atom stereocenters. The molecule has 56 valence electrons. The zero-order valence-electron chi connectivity index (χ0n) is 5.80. The fraction of sp³-hybridized carbons (Fsp3) is 1.00. The predicted molar refractivity (Wildman–Crippen MR) is 47.7 cm³/mol. The fourth-order valence-electron chi connectivity index (χ4n) is 0.472. The quantitative estimate of drug-likeness (QED) is 0.475. The maximum Gasteiger partial charge on any atom is 0.0470 e. The van der Waals surface area contributed by atoms with Gasteiger partial charge in [-0.05, 0) is 17.9 Å². The van der Waals surface area contributed by atoms with Crippen LogP contribution >= 0.6 is 24.4 Å². The molecule has 0 atom stereocenters. The molecule has 1 nitrogen and oxygen atoms in total. The topological polar surface area (TPSA) is 9.23 Å². The first-order valence-electron chi connectivity index (χ1n) is 3.09. The molecule has 0 bridgehead atoms. The molecule has 0 spiro atoms. The summed E-state index contributed by atoms with van der Waals surface area (Å²) in [6, 6.07) is 0. The average Bonchev–Trinajstić information content (AvgIpc) is 1.89.